The number of hydrogen-bond donors (Lipinski definition) is 0. The van der Waals surface area contributed by atoms with E-state index in [2.05, 4.69) is 31.9 Å². The van der Waals surface area contributed by atoms with Crippen molar-refractivity contribution in [1.82, 2.24) is 9.55 Å². The number of nitrogens with zero attached hydrogens (tertiary/aromatic N) is 2. The Bertz CT molecular complexity index is 607. The fourth-order valence-corrected chi connectivity index (χ4v) is 3.43. The van der Waals surface area contributed by atoms with Gasteiger partial charge in [0.15, 0.2) is 6.29 Å². The largest absolute Gasteiger partial charge is 0.434 e. The second-order valence-corrected chi connectivity index (χ2v) is 5.90. The van der Waals surface area contributed by atoms with E-state index in [0.29, 0.717) is 19.1 Å². The predicted octanol–water partition coefficient (Wildman–Crippen LogP) is 3.68. The number of halogens is 3. The first-order chi connectivity index (χ1) is 9.63. The van der Waals surface area contributed by atoms with Crippen LogP contribution in [0.1, 0.15) is 21.6 Å². The minimum absolute atomic E-state index is 0.108. The third-order valence-electron chi connectivity index (χ3n) is 2.60. The third kappa shape index (κ3) is 3.73. The van der Waals surface area contributed by atoms with Crippen molar-refractivity contribution in [2.24, 2.45) is 0 Å². The van der Waals surface area contributed by atoms with Crippen molar-refractivity contribution in [2.75, 3.05) is 0 Å². The highest BCUT2D eigenvalue weighted by Crippen LogP contribution is 2.27. The topological polar surface area (TPSA) is 44.1 Å². The monoisotopic (exact) mass is 410 g/mol. The van der Waals surface area contributed by atoms with Crippen molar-refractivity contribution in [3.8, 4) is 5.75 Å². The summed E-state index contributed by atoms with van der Waals surface area (Å²) in [5, 5.41) is 4.16. The molecule has 1 unspecified atom stereocenters. The number of ether oxygens (including phenoxy) is 1. The standard InChI is InChI=1S/C12H10F2IN2O2P/c13-12(14)19-11-2-1-8(5-9(11)7-18)6-10-3-4-16-17(10)20-15/h1-5,7,12,20H,6H2. The maximum absolute atomic E-state index is 12.2. The lowest BCUT2D eigenvalue weighted by Gasteiger charge is -2.09. The summed E-state index contributed by atoms with van der Waals surface area (Å²) in [4.78, 5) is 10.9. The fraction of sp³-hybridized carbons (Fsp3) is 0.167. The van der Waals surface area contributed by atoms with E-state index < -0.39 is 6.61 Å². The maximum atomic E-state index is 12.2. The van der Waals surface area contributed by atoms with Gasteiger partial charge in [-0.2, -0.15) is 13.9 Å². The van der Waals surface area contributed by atoms with Crippen molar-refractivity contribution < 1.29 is 18.3 Å². The second-order valence-electron chi connectivity index (χ2n) is 3.86. The van der Waals surface area contributed by atoms with Crippen LogP contribution in [0.3, 0.4) is 0 Å². The minimum atomic E-state index is -2.94. The smallest absolute Gasteiger partial charge is 0.387 e. The second kappa shape index (κ2) is 7.08. The van der Waals surface area contributed by atoms with Crippen LogP contribution < -0.4 is 4.74 Å². The number of hydrogen-bond acceptors (Lipinski definition) is 3. The van der Waals surface area contributed by atoms with Gasteiger partial charge in [-0.05, 0) is 45.8 Å². The van der Waals surface area contributed by atoms with Crippen molar-refractivity contribution in [1.29, 1.82) is 0 Å². The van der Waals surface area contributed by atoms with E-state index in [1.807, 2.05) is 10.5 Å². The number of carbonyl (C=O) groups excluding carboxylic acids is 1. The molecule has 106 valence electrons. The van der Waals surface area contributed by atoms with E-state index in [1.165, 1.54) is 6.07 Å². The number of aromatic nitrogens is 2. The van der Waals surface area contributed by atoms with Crippen molar-refractivity contribution in [2.45, 2.75) is 13.0 Å². The first kappa shape index (κ1) is 15.3. The molecule has 0 saturated carbocycles. The van der Waals surface area contributed by atoms with E-state index >= 15 is 0 Å². The van der Waals surface area contributed by atoms with Gasteiger partial charge in [-0.15, -0.1) is 0 Å². The molecule has 20 heavy (non-hydrogen) atoms. The van der Waals surface area contributed by atoms with Gasteiger partial charge in [-0.1, -0.05) is 6.07 Å². The number of alkyl halides is 2. The van der Waals surface area contributed by atoms with Gasteiger partial charge in [0.1, 0.15) is 5.75 Å². The summed E-state index contributed by atoms with van der Waals surface area (Å²) in [6.45, 7) is -2.94. The van der Waals surface area contributed by atoms with Crippen LogP contribution in [0.5, 0.6) is 5.75 Å². The average molecular weight is 410 g/mol. The molecule has 1 aromatic carbocycles. The summed E-state index contributed by atoms with van der Waals surface area (Å²) >= 11 is 2.22. The third-order valence-corrected chi connectivity index (χ3v) is 4.54. The van der Waals surface area contributed by atoms with E-state index in [0.717, 1.165) is 11.3 Å². The molecule has 0 N–H and O–H groups in total. The fourth-order valence-electron chi connectivity index (χ4n) is 1.75. The maximum Gasteiger partial charge on any atom is 0.387 e. The summed E-state index contributed by atoms with van der Waals surface area (Å²) in [7, 11) is 0. The summed E-state index contributed by atoms with van der Waals surface area (Å²) in [5.41, 5.74) is 1.95. The summed E-state index contributed by atoms with van der Waals surface area (Å²) in [5.74, 6) is -0.108. The van der Waals surface area contributed by atoms with Gasteiger partial charge >= 0.3 is 6.61 Å². The van der Waals surface area contributed by atoms with Crippen molar-refractivity contribution >= 4 is 34.7 Å². The van der Waals surface area contributed by atoms with Crippen molar-refractivity contribution in [3.05, 3.63) is 47.3 Å². The highest BCUT2D eigenvalue weighted by molar-refractivity contribution is 14.2. The Morgan fingerprint density at radius 1 is 1.45 bits per heavy atom. The van der Waals surface area contributed by atoms with Gasteiger partial charge in [0.25, 0.3) is 0 Å². The molecule has 2 aromatic rings. The first-order valence-electron chi connectivity index (χ1n) is 5.56. The lowest BCUT2D eigenvalue weighted by molar-refractivity contribution is -0.0500. The molecule has 1 heterocycles. The van der Waals surface area contributed by atoms with Crippen LogP contribution in [-0.2, 0) is 6.42 Å². The Balaban J connectivity index is 2.23. The Kier molecular flexibility index (Phi) is 5.42. The van der Waals surface area contributed by atoms with Crippen molar-refractivity contribution in [3.63, 3.8) is 0 Å². The minimum Gasteiger partial charge on any atom is -0.434 e. The van der Waals surface area contributed by atoms with Crippen LogP contribution in [0.2, 0.25) is 0 Å². The van der Waals surface area contributed by atoms with Crippen LogP contribution in [0.15, 0.2) is 30.5 Å². The number of carbonyl (C=O) groups is 1. The van der Waals surface area contributed by atoms with Gasteiger partial charge < -0.3 is 4.74 Å². The van der Waals surface area contributed by atoms with E-state index in [4.69, 9.17) is 0 Å². The average Bonchev–Trinajstić information content (AvgIpc) is 2.87. The summed E-state index contributed by atoms with van der Waals surface area (Å²) in [6.07, 6.45) is 3.27. The number of aldehydes is 1. The van der Waals surface area contributed by atoms with Gasteiger partial charge in [0.05, 0.1) is 11.9 Å². The Hall–Kier alpha value is -1.08. The van der Waals surface area contributed by atoms with Gasteiger partial charge in [-0.25, -0.2) is 4.45 Å². The van der Waals surface area contributed by atoms with Crippen LogP contribution in [0.25, 0.3) is 0 Å². The van der Waals surface area contributed by atoms with Crippen LogP contribution in [0.4, 0.5) is 8.78 Å². The molecule has 0 amide bonds. The molecule has 0 aliphatic carbocycles. The zero-order valence-corrected chi connectivity index (χ0v) is 13.3. The zero-order valence-electron chi connectivity index (χ0n) is 10.1. The normalized spacial score (nSPS) is 11.4. The van der Waals surface area contributed by atoms with Crippen LogP contribution in [0, 0.1) is 0 Å². The van der Waals surface area contributed by atoms with E-state index in [9.17, 15) is 13.6 Å². The molecule has 0 radical (unpaired) electrons. The van der Waals surface area contributed by atoms with E-state index in [1.54, 1.807) is 18.3 Å². The Morgan fingerprint density at radius 2 is 2.25 bits per heavy atom. The predicted molar refractivity (Wildman–Crippen MR) is 81.2 cm³/mol. The molecule has 0 fully saturated rings. The molecule has 0 spiro atoms. The molecule has 0 saturated heterocycles. The molecule has 1 atom stereocenters. The molecule has 2 rings (SSSR count). The van der Waals surface area contributed by atoms with Gasteiger partial charge in [0.2, 0.25) is 0 Å². The molecular weight excluding hydrogens is 400 g/mol. The van der Waals surface area contributed by atoms with E-state index in [-0.39, 0.29) is 11.3 Å². The first-order valence-corrected chi connectivity index (χ1v) is 9.62. The highest BCUT2D eigenvalue weighted by atomic mass is 127. The van der Waals surface area contributed by atoms with Crippen LogP contribution >= 0.6 is 28.4 Å². The highest BCUT2D eigenvalue weighted by Gasteiger charge is 2.11. The summed E-state index contributed by atoms with van der Waals surface area (Å²) < 4.78 is 30.5. The zero-order chi connectivity index (χ0) is 14.5. The summed E-state index contributed by atoms with van der Waals surface area (Å²) in [6, 6.07) is 6.49. The lowest BCUT2D eigenvalue weighted by atomic mass is 10.1. The van der Waals surface area contributed by atoms with Crippen LogP contribution in [-0.4, -0.2) is 22.4 Å². The number of benzene rings is 1. The number of rotatable bonds is 6. The molecule has 0 bridgehead atoms. The molecule has 1 aromatic heterocycles. The SMILES string of the molecule is O=Cc1cc(Cc2ccnn2PI)ccc1OC(F)F. The quantitative estimate of drug-likeness (QED) is 0.415. The lowest BCUT2D eigenvalue weighted by Crippen LogP contribution is -2.05. The molecule has 0 aliphatic rings. The molecule has 4 nitrogen and oxygen atoms in total. The molecular formula is C12H10F2IN2O2P. The Labute approximate surface area is 128 Å². The van der Waals surface area contributed by atoms with Gasteiger partial charge in [0, 0.05) is 18.3 Å². The molecule has 8 heteroatoms. The molecule has 0 aliphatic heterocycles. The van der Waals surface area contributed by atoms with Gasteiger partial charge in [-0.3, -0.25) is 4.79 Å². The Morgan fingerprint density at radius 3 is 2.90 bits per heavy atom.